The fraction of sp³-hybridized carbons (Fsp3) is 0.682. The van der Waals surface area contributed by atoms with Gasteiger partial charge in [-0.2, -0.15) is 0 Å². The number of nitrogens with zero attached hydrogens (tertiary/aromatic N) is 2. The second-order valence-electron chi connectivity index (χ2n) is 8.61. The molecule has 0 atom stereocenters. The Labute approximate surface area is 168 Å². The number of Topliss-reactive ketones (excluding diaryl/α,β-unsaturated/α-hetero) is 1. The van der Waals surface area contributed by atoms with Crippen LogP contribution in [0.5, 0.6) is 0 Å². The number of ketones is 1. The van der Waals surface area contributed by atoms with Gasteiger partial charge in [0.1, 0.15) is 0 Å². The molecule has 0 aliphatic heterocycles. The molecule has 1 aromatic heterocycles. The summed E-state index contributed by atoms with van der Waals surface area (Å²) in [6.07, 6.45) is 7.26. The van der Waals surface area contributed by atoms with Crippen LogP contribution in [0.15, 0.2) is 6.07 Å². The minimum atomic E-state index is -0.531. The molecule has 2 amide bonds. The van der Waals surface area contributed by atoms with Crippen molar-refractivity contribution in [1.29, 1.82) is 0 Å². The van der Waals surface area contributed by atoms with E-state index in [9.17, 15) is 14.4 Å². The number of aromatic nitrogens is 1. The van der Waals surface area contributed by atoms with E-state index in [-0.39, 0.29) is 18.2 Å². The summed E-state index contributed by atoms with van der Waals surface area (Å²) in [5.74, 6) is 0.252. The Morgan fingerprint density at radius 2 is 1.86 bits per heavy atom. The van der Waals surface area contributed by atoms with Gasteiger partial charge in [0.2, 0.25) is 5.91 Å². The van der Waals surface area contributed by atoms with Crippen LogP contribution in [0.4, 0.5) is 0 Å². The average molecular weight is 390 g/mol. The highest BCUT2D eigenvalue weighted by Gasteiger charge is 2.24. The molecule has 0 saturated heterocycles. The molecule has 0 spiro atoms. The van der Waals surface area contributed by atoms with Crippen LogP contribution in [0.3, 0.4) is 0 Å². The van der Waals surface area contributed by atoms with Gasteiger partial charge in [0.25, 0.3) is 5.91 Å². The summed E-state index contributed by atoms with van der Waals surface area (Å²) >= 11 is 0. The summed E-state index contributed by atoms with van der Waals surface area (Å²) in [6.45, 7) is 6.72. The first-order chi connectivity index (χ1) is 13.2. The summed E-state index contributed by atoms with van der Waals surface area (Å²) in [6, 6.07) is 1.58. The minimum Gasteiger partial charge on any atom is -0.366 e. The molecule has 0 radical (unpaired) electrons. The van der Waals surface area contributed by atoms with E-state index in [1.54, 1.807) is 13.1 Å². The van der Waals surface area contributed by atoms with Gasteiger partial charge in [-0.05, 0) is 44.1 Å². The number of likely N-dealkylation sites (N-methyl/N-ethyl adjacent to an activating group) is 1. The van der Waals surface area contributed by atoms with Crippen LogP contribution in [0.2, 0.25) is 0 Å². The Morgan fingerprint density at radius 3 is 2.43 bits per heavy atom. The maximum Gasteiger partial charge on any atom is 0.250 e. The van der Waals surface area contributed by atoms with Crippen molar-refractivity contribution in [3.8, 4) is 0 Å². The van der Waals surface area contributed by atoms with Crippen LogP contribution in [0.1, 0.15) is 85.3 Å². The lowest BCUT2D eigenvalue weighted by Gasteiger charge is -2.24. The van der Waals surface area contributed by atoms with Crippen LogP contribution < -0.4 is 5.73 Å². The van der Waals surface area contributed by atoms with Crippen LogP contribution >= 0.6 is 0 Å². The minimum absolute atomic E-state index is 0.0207. The highest BCUT2D eigenvalue weighted by atomic mass is 16.2. The number of amides is 2. The Balaban J connectivity index is 2.09. The molecule has 156 valence electrons. The zero-order valence-electron chi connectivity index (χ0n) is 17.8. The van der Waals surface area contributed by atoms with Gasteiger partial charge in [0.05, 0.1) is 17.8 Å². The number of hydrogen-bond donors (Lipinski definition) is 1. The standard InChI is InChI=1S/C22H35N3O3/c1-15(2)10-11-25-16(3)18(22(23)28)13-19(25)20(26)14-24(4)21(27)12-17-8-6-5-7-9-17/h13,15,17H,5-12,14H2,1-4H3,(H2,23,28). The fourth-order valence-corrected chi connectivity index (χ4v) is 3.98. The summed E-state index contributed by atoms with van der Waals surface area (Å²) in [7, 11) is 1.69. The largest absolute Gasteiger partial charge is 0.366 e. The SMILES string of the molecule is Cc1c(C(N)=O)cc(C(=O)CN(C)C(=O)CC2CCCCC2)n1CCC(C)C. The van der Waals surface area contributed by atoms with Gasteiger partial charge in [-0.25, -0.2) is 0 Å². The molecule has 1 aliphatic rings. The first kappa shape index (κ1) is 22.2. The third-order valence-electron chi connectivity index (χ3n) is 5.84. The maximum atomic E-state index is 12.9. The Hall–Kier alpha value is -2.11. The van der Waals surface area contributed by atoms with E-state index in [0.717, 1.165) is 19.3 Å². The molecule has 0 unspecified atom stereocenters. The molecule has 6 nitrogen and oxygen atoms in total. The van der Waals surface area contributed by atoms with Crippen LogP contribution in [-0.2, 0) is 11.3 Å². The highest BCUT2D eigenvalue weighted by Crippen LogP contribution is 2.26. The van der Waals surface area contributed by atoms with Gasteiger partial charge in [-0.1, -0.05) is 33.1 Å². The monoisotopic (exact) mass is 389 g/mol. The van der Waals surface area contributed by atoms with Crippen molar-refractivity contribution in [2.24, 2.45) is 17.6 Å². The van der Waals surface area contributed by atoms with E-state index in [4.69, 9.17) is 5.73 Å². The summed E-state index contributed by atoms with van der Waals surface area (Å²) < 4.78 is 1.88. The first-order valence-corrected chi connectivity index (χ1v) is 10.5. The van der Waals surface area contributed by atoms with Gasteiger partial charge < -0.3 is 15.2 Å². The summed E-state index contributed by atoms with van der Waals surface area (Å²) in [5.41, 5.74) is 7.03. The molecule has 0 aromatic carbocycles. The molecular weight excluding hydrogens is 354 g/mol. The second kappa shape index (κ2) is 9.89. The lowest BCUT2D eigenvalue weighted by Crippen LogP contribution is -2.34. The van der Waals surface area contributed by atoms with Crippen LogP contribution in [0, 0.1) is 18.8 Å². The van der Waals surface area contributed by atoms with Crippen molar-refractivity contribution in [3.63, 3.8) is 0 Å². The van der Waals surface area contributed by atoms with Crippen molar-refractivity contribution in [2.45, 2.75) is 72.3 Å². The van der Waals surface area contributed by atoms with E-state index in [1.807, 2.05) is 11.5 Å². The fourth-order valence-electron chi connectivity index (χ4n) is 3.98. The predicted octanol–water partition coefficient (Wildman–Crippen LogP) is 3.55. The normalized spacial score (nSPS) is 15.0. The lowest BCUT2D eigenvalue weighted by molar-refractivity contribution is -0.130. The molecule has 28 heavy (non-hydrogen) atoms. The number of rotatable bonds is 9. The molecule has 1 aliphatic carbocycles. The third-order valence-corrected chi connectivity index (χ3v) is 5.84. The lowest BCUT2D eigenvalue weighted by atomic mass is 9.87. The molecule has 1 aromatic rings. The smallest absolute Gasteiger partial charge is 0.250 e. The van der Waals surface area contributed by atoms with Gasteiger partial charge >= 0.3 is 0 Å². The molecule has 1 heterocycles. The van der Waals surface area contributed by atoms with Crippen molar-refractivity contribution < 1.29 is 14.4 Å². The quantitative estimate of drug-likeness (QED) is 0.655. The van der Waals surface area contributed by atoms with Gasteiger partial charge in [-0.3, -0.25) is 14.4 Å². The molecule has 6 heteroatoms. The predicted molar refractivity (Wildman–Crippen MR) is 110 cm³/mol. The molecule has 1 saturated carbocycles. The summed E-state index contributed by atoms with van der Waals surface area (Å²) in [5, 5.41) is 0. The second-order valence-corrected chi connectivity index (χ2v) is 8.61. The molecule has 1 fully saturated rings. The van der Waals surface area contributed by atoms with Gasteiger partial charge in [0, 0.05) is 25.7 Å². The third kappa shape index (κ3) is 5.69. The van der Waals surface area contributed by atoms with E-state index < -0.39 is 5.91 Å². The van der Waals surface area contributed by atoms with E-state index in [0.29, 0.717) is 41.8 Å². The van der Waals surface area contributed by atoms with E-state index >= 15 is 0 Å². The first-order valence-electron chi connectivity index (χ1n) is 10.5. The number of hydrogen-bond acceptors (Lipinski definition) is 3. The molecule has 2 N–H and O–H groups in total. The molecule has 0 bridgehead atoms. The Bertz CT molecular complexity index is 715. The number of nitrogens with two attached hydrogens (primary N) is 1. The number of primary amides is 1. The topological polar surface area (TPSA) is 85.4 Å². The highest BCUT2D eigenvalue weighted by molar-refractivity contribution is 6.02. The van der Waals surface area contributed by atoms with Gasteiger partial charge in [0.15, 0.2) is 5.78 Å². The maximum absolute atomic E-state index is 12.9. The van der Waals surface area contributed by atoms with Crippen molar-refractivity contribution in [3.05, 3.63) is 23.0 Å². The molecule has 2 rings (SSSR count). The van der Waals surface area contributed by atoms with E-state index in [1.165, 1.54) is 24.2 Å². The van der Waals surface area contributed by atoms with Crippen LogP contribution in [0.25, 0.3) is 0 Å². The van der Waals surface area contributed by atoms with Crippen molar-refractivity contribution in [2.75, 3.05) is 13.6 Å². The van der Waals surface area contributed by atoms with Crippen molar-refractivity contribution >= 4 is 17.6 Å². The zero-order chi connectivity index (χ0) is 20.8. The van der Waals surface area contributed by atoms with E-state index in [2.05, 4.69) is 13.8 Å². The zero-order valence-corrected chi connectivity index (χ0v) is 17.8. The van der Waals surface area contributed by atoms with Gasteiger partial charge in [-0.15, -0.1) is 0 Å². The molecular formula is C22H35N3O3. The van der Waals surface area contributed by atoms with Crippen LogP contribution in [-0.4, -0.2) is 40.7 Å². The Kier molecular flexibility index (Phi) is 7.84. The Morgan fingerprint density at radius 1 is 1.21 bits per heavy atom. The average Bonchev–Trinajstić information content (AvgIpc) is 2.97. The summed E-state index contributed by atoms with van der Waals surface area (Å²) in [4.78, 5) is 38.7. The number of carbonyl (C=O) groups is 3. The van der Waals surface area contributed by atoms with Crippen molar-refractivity contribution in [1.82, 2.24) is 9.47 Å². The number of carbonyl (C=O) groups excluding carboxylic acids is 3.